The van der Waals surface area contributed by atoms with Crippen LogP contribution in [0.2, 0.25) is 0 Å². The highest BCUT2D eigenvalue weighted by Crippen LogP contribution is 2.23. The van der Waals surface area contributed by atoms with Crippen molar-refractivity contribution < 1.29 is 18.0 Å². The van der Waals surface area contributed by atoms with Crippen LogP contribution in [0.4, 0.5) is 5.69 Å². The molecule has 0 radical (unpaired) electrons. The van der Waals surface area contributed by atoms with E-state index in [0.717, 1.165) is 46.8 Å². The van der Waals surface area contributed by atoms with Gasteiger partial charge in [0.25, 0.3) is 0 Å². The van der Waals surface area contributed by atoms with E-state index in [-0.39, 0.29) is 30.8 Å². The maximum atomic E-state index is 13.4. The Labute approximate surface area is 229 Å². The van der Waals surface area contributed by atoms with Gasteiger partial charge in [0.2, 0.25) is 21.8 Å². The predicted octanol–water partition coefficient (Wildman–Crippen LogP) is 5.09. The summed E-state index contributed by atoms with van der Waals surface area (Å²) in [5.41, 5.74) is 3.59. The van der Waals surface area contributed by atoms with E-state index in [1.165, 1.54) is 10.6 Å². The number of sulfonamides is 1. The molecule has 0 bridgehead atoms. The van der Waals surface area contributed by atoms with Gasteiger partial charge in [0.1, 0.15) is 6.04 Å². The molecule has 202 valence electrons. The lowest BCUT2D eigenvalue weighted by Crippen LogP contribution is -2.49. The van der Waals surface area contributed by atoms with Crippen molar-refractivity contribution in [3.05, 3.63) is 63.6 Å². The molecule has 0 saturated heterocycles. The number of nitrogens with zero attached hydrogens (tertiary/aromatic N) is 2. The van der Waals surface area contributed by atoms with E-state index in [1.807, 2.05) is 50.2 Å². The van der Waals surface area contributed by atoms with Crippen molar-refractivity contribution in [2.45, 2.75) is 77.9 Å². The molecule has 2 aromatic carbocycles. The van der Waals surface area contributed by atoms with Crippen LogP contribution in [0.3, 0.4) is 0 Å². The van der Waals surface area contributed by atoms with Crippen molar-refractivity contribution in [1.82, 2.24) is 10.2 Å². The van der Waals surface area contributed by atoms with E-state index < -0.39 is 16.1 Å². The van der Waals surface area contributed by atoms with Gasteiger partial charge in [0, 0.05) is 30.0 Å². The number of halogens is 1. The molecule has 0 heterocycles. The molecule has 37 heavy (non-hydrogen) atoms. The first-order valence-electron chi connectivity index (χ1n) is 12.8. The topological polar surface area (TPSA) is 86.8 Å². The standard InChI is InChI=1S/C28H38BrN3O4S/c1-20-14-15-26(17-21(20)2)32(37(4,35)36)16-8-13-27(33)31(19-23-9-7-10-24(29)18-23)22(3)28(34)30-25-11-5-6-12-25/h7,9-10,14-15,17-18,22,25H,5-6,8,11-13,16,19H2,1-4H3,(H,30,34). The van der Waals surface area contributed by atoms with E-state index in [4.69, 9.17) is 0 Å². The van der Waals surface area contributed by atoms with Crippen LogP contribution in [-0.4, -0.2) is 50.0 Å². The molecule has 1 aliphatic rings. The number of amides is 2. The van der Waals surface area contributed by atoms with Gasteiger partial charge in [-0.15, -0.1) is 0 Å². The zero-order chi connectivity index (χ0) is 27.2. The van der Waals surface area contributed by atoms with Crippen LogP contribution in [-0.2, 0) is 26.2 Å². The minimum Gasteiger partial charge on any atom is -0.352 e. The Morgan fingerprint density at radius 2 is 1.78 bits per heavy atom. The Morgan fingerprint density at radius 1 is 1.08 bits per heavy atom. The Bertz CT molecular complexity index is 1210. The van der Waals surface area contributed by atoms with E-state index in [9.17, 15) is 18.0 Å². The number of nitrogens with one attached hydrogen (secondary N) is 1. The molecule has 9 heteroatoms. The second-order valence-corrected chi connectivity index (χ2v) is 12.8. The number of hydrogen-bond donors (Lipinski definition) is 1. The molecule has 0 aliphatic heterocycles. The average Bonchev–Trinajstić information content (AvgIpc) is 3.34. The lowest BCUT2D eigenvalue weighted by Gasteiger charge is -2.30. The zero-order valence-electron chi connectivity index (χ0n) is 22.2. The number of rotatable bonds is 11. The van der Waals surface area contributed by atoms with Gasteiger partial charge in [-0.05, 0) is 81.0 Å². The van der Waals surface area contributed by atoms with Crippen molar-refractivity contribution in [1.29, 1.82) is 0 Å². The van der Waals surface area contributed by atoms with Gasteiger partial charge in [-0.25, -0.2) is 8.42 Å². The summed E-state index contributed by atoms with van der Waals surface area (Å²) in [5, 5.41) is 3.11. The van der Waals surface area contributed by atoms with Crippen molar-refractivity contribution in [3.8, 4) is 0 Å². The van der Waals surface area contributed by atoms with Crippen molar-refractivity contribution in [3.63, 3.8) is 0 Å². The number of carbonyl (C=O) groups is 2. The second-order valence-electron chi connectivity index (χ2n) is 10.0. The number of anilines is 1. The zero-order valence-corrected chi connectivity index (χ0v) is 24.6. The van der Waals surface area contributed by atoms with E-state index in [2.05, 4.69) is 21.2 Å². The number of benzene rings is 2. The molecular weight excluding hydrogens is 554 g/mol. The van der Waals surface area contributed by atoms with Crippen LogP contribution in [0.5, 0.6) is 0 Å². The summed E-state index contributed by atoms with van der Waals surface area (Å²) in [6.45, 7) is 6.16. The molecule has 1 atom stereocenters. The molecule has 2 aromatic rings. The SMILES string of the molecule is Cc1ccc(N(CCCC(=O)N(Cc2cccc(Br)c2)C(C)C(=O)NC2CCCC2)S(C)(=O)=O)cc1C. The summed E-state index contributed by atoms with van der Waals surface area (Å²) >= 11 is 3.48. The molecule has 3 rings (SSSR count). The molecular formula is C28H38BrN3O4S. The lowest BCUT2D eigenvalue weighted by atomic mass is 10.1. The van der Waals surface area contributed by atoms with Gasteiger partial charge in [-0.1, -0.05) is 47.0 Å². The van der Waals surface area contributed by atoms with Crippen LogP contribution in [0, 0.1) is 13.8 Å². The maximum Gasteiger partial charge on any atom is 0.242 e. The average molecular weight is 593 g/mol. The molecule has 1 aliphatic carbocycles. The molecule has 1 fully saturated rings. The quantitative estimate of drug-likeness (QED) is 0.394. The van der Waals surface area contributed by atoms with Crippen molar-refractivity contribution in [2.75, 3.05) is 17.1 Å². The summed E-state index contributed by atoms with van der Waals surface area (Å²) in [7, 11) is -3.52. The Kier molecular flexibility index (Phi) is 10.2. The first-order valence-corrected chi connectivity index (χ1v) is 15.5. The van der Waals surface area contributed by atoms with Crippen molar-refractivity contribution in [2.24, 2.45) is 0 Å². The monoisotopic (exact) mass is 591 g/mol. The molecule has 2 amide bonds. The van der Waals surface area contributed by atoms with Crippen LogP contribution in [0.1, 0.15) is 62.1 Å². The molecule has 1 saturated carbocycles. The molecule has 7 nitrogen and oxygen atoms in total. The van der Waals surface area contributed by atoms with E-state index in [1.54, 1.807) is 17.9 Å². The van der Waals surface area contributed by atoms with Gasteiger partial charge in [-0.3, -0.25) is 13.9 Å². The third kappa shape index (κ3) is 8.30. The van der Waals surface area contributed by atoms with Crippen LogP contribution < -0.4 is 9.62 Å². The van der Waals surface area contributed by atoms with Crippen molar-refractivity contribution >= 4 is 43.5 Å². The van der Waals surface area contributed by atoms with Crippen LogP contribution in [0.25, 0.3) is 0 Å². The first kappa shape index (κ1) is 29.2. The highest BCUT2D eigenvalue weighted by molar-refractivity contribution is 9.10. The second kappa shape index (κ2) is 12.9. The summed E-state index contributed by atoms with van der Waals surface area (Å²) in [6.07, 6.45) is 5.81. The lowest BCUT2D eigenvalue weighted by molar-refractivity contribution is -0.141. The number of aryl methyl sites for hydroxylation is 2. The predicted molar refractivity (Wildman–Crippen MR) is 152 cm³/mol. The third-order valence-electron chi connectivity index (χ3n) is 7.04. The van der Waals surface area contributed by atoms with E-state index in [0.29, 0.717) is 18.7 Å². The largest absolute Gasteiger partial charge is 0.352 e. The van der Waals surface area contributed by atoms with Crippen LogP contribution in [0.15, 0.2) is 46.9 Å². The fourth-order valence-corrected chi connectivity index (χ4v) is 6.10. The van der Waals surface area contributed by atoms with Crippen LogP contribution >= 0.6 is 15.9 Å². The molecule has 0 spiro atoms. The van der Waals surface area contributed by atoms with Gasteiger partial charge in [0.15, 0.2) is 0 Å². The molecule has 0 aromatic heterocycles. The number of carbonyl (C=O) groups excluding carboxylic acids is 2. The number of hydrogen-bond acceptors (Lipinski definition) is 4. The summed E-state index contributed by atoms with van der Waals surface area (Å²) in [6, 6.07) is 12.8. The highest BCUT2D eigenvalue weighted by atomic mass is 79.9. The summed E-state index contributed by atoms with van der Waals surface area (Å²) < 4.78 is 27.3. The van der Waals surface area contributed by atoms with E-state index >= 15 is 0 Å². The maximum absolute atomic E-state index is 13.4. The van der Waals surface area contributed by atoms with Gasteiger partial charge in [0.05, 0.1) is 11.9 Å². The third-order valence-corrected chi connectivity index (χ3v) is 8.73. The Hall–Kier alpha value is -2.39. The minimum atomic E-state index is -3.52. The fourth-order valence-electron chi connectivity index (χ4n) is 4.69. The highest BCUT2D eigenvalue weighted by Gasteiger charge is 2.28. The minimum absolute atomic E-state index is 0.131. The van der Waals surface area contributed by atoms with Gasteiger partial charge in [-0.2, -0.15) is 0 Å². The molecule has 1 unspecified atom stereocenters. The normalized spacial score (nSPS) is 14.8. The first-order chi connectivity index (χ1) is 17.5. The Morgan fingerprint density at radius 3 is 2.41 bits per heavy atom. The Balaban J connectivity index is 1.73. The smallest absolute Gasteiger partial charge is 0.242 e. The summed E-state index contributed by atoms with van der Waals surface area (Å²) in [4.78, 5) is 28.1. The fraction of sp³-hybridized carbons (Fsp3) is 0.500. The van der Waals surface area contributed by atoms with Gasteiger partial charge >= 0.3 is 0 Å². The molecule has 1 N–H and O–H groups in total. The summed E-state index contributed by atoms with van der Waals surface area (Å²) in [5.74, 6) is -0.328. The van der Waals surface area contributed by atoms with Gasteiger partial charge < -0.3 is 10.2 Å².